The lowest BCUT2D eigenvalue weighted by atomic mass is 10.1. The predicted octanol–water partition coefficient (Wildman–Crippen LogP) is 4.07. The van der Waals surface area contributed by atoms with Gasteiger partial charge in [0.2, 0.25) is 0 Å². The zero-order valence-corrected chi connectivity index (χ0v) is 14.0. The molecule has 3 nitrogen and oxygen atoms in total. The van der Waals surface area contributed by atoms with Crippen LogP contribution in [0.25, 0.3) is 23.2 Å². The van der Waals surface area contributed by atoms with E-state index in [-0.39, 0.29) is 12.4 Å². The highest BCUT2D eigenvalue weighted by Gasteiger charge is 2.20. The van der Waals surface area contributed by atoms with Gasteiger partial charge in [-0.2, -0.15) is 0 Å². The minimum atomic E-state index is 0. The molecule has 1 aliphatic rings. The molecule has 0 spiro atoms. The molecule has 2 aromatic heterocycles. The summed E-state index contributed by atoms with van der Waals surface area (Å²) < 4.78 is 2.36. The van der Waals surface area contributed by atoms with Crippen LogP contribution in [0.1, 0.15) is 16.8 Å². The molecule has 0 aliphatic carbocycles. The summed E-state index contributed by atoms with van der Waals surface area (Å²) in [5.74, 6) is 0. The van der Waals surface area contributed by atoms with Gasteiger partial charge in [0.05, 0.1) is 5.52 Å². The Hall–Kier alpha value is -2.10. The van der Waals surface area contributed by atoms with Crippen molar-refractivity contribution in [3.8, 4) is 0 Å². The number of benzene rings is 1. The molecule has 0 saturated heterocycles. The molecular weight excluding hydrogens is 306 g/mol. The summed E-state index contributed by atoms with van der Waals surface area (Å²) in [5, 5.41) is 1.38. The van der Waals surface area contributed by atoms with Crippen molar-refractivity contribution in [1.29, 1.82) is 0 Å². The number of aromatic nitrogens is 2. The summed E-state index contributed by atoms with van der Waals surface area (Å²) >= 11 is 0. The molecule has 0 N–H and O–H groups in total. The van der Waals surface area contributed by atoms with E-state index in [0.29, 0.717) is 0 Å². The Bertz CT molecular complexity index is 836. The molecule has 0 amide bonds. The van der Waals surface area contributed by atoms with Crippen LogP contribution in [0.4, 0.5) is 0 Å². The smallest absolute Gasteiger partial charge is 0.0528 e. The second kappa shape index (κ2) is 6.57. The molecular formula is C19H20ClN3. The highest BCUT2D eigenvalue weighted by atomic mass is 35.5. The van der Waals surface area contributed by atoms with E-state index in [2.05, 4.69) is 58.0 Å². The number of para-hydroxylation sites is 1. The quantitative estimate of drug-likeness (QED) is 0.708. The number of fused-ring (bicyclic) bond motifs is 3. The molecule has 0 fully saturated rings. The van der Waals surface area contributed by atoms with Gasteiger partial charge in [-0.1, -0.05) is 18.2 Å². The molecule has 23 heavy (non-hydrogen) atoms. The van der Waals surface area contributed by atoms with Gasteiger partial charge in [0.1, 0.15) is 0 Å². The van der Waals surface area contributed by atoms with Crippen molar-refractivity contribution in [3.05, 3.63) is 65.6 Å². The molecule has 3 heterocycles. The fourth-order valence-corrected chi connectivity index (χ4v) is 3.28. The lowest BCUT2D eigenvalue weighted by molar-refractivity contribution is 0.312. The number of hydrogen-bond acceptors (Lipinski definition) is 2. The molecule has 0 unspecified atom stereocenters. The third-order valence-electron chi connectivity index (χ3n) is 4.41. The van der Waals surface area contributed by atoms with Crippen molar-refractivity contribution in [3.63, 3.8) is 0 Å². The van der Waals surface area contributed by atoms with E-state index >= 15 is 0 Å². The maximum atomic E-state index is 4.07. The first-order chi connectivity index (χ1) is 10.8. The van der Waals surface area contributed by atoms with Crippen LogP contribution in [0.5, 0.6) is 0 Å². The Morgan fingerprint density at radius 1 is 1.09 bits per heavy atom. The van der Waals surface area contributed by atoms with E-state index < -0.39 is 0 Å². The summed E-state index contributed by atoms with van der Waals surface area (Å²) in [6.45, 7) is 2.15. The van der Waals surface area contributed by atoms with Crippen molar-refractivity contribution in [2.75, 3.05) is 13.6 Å². The molecule has 0 saturated carbocycles. The van der Waals surface area contributed by atoms with Crippen molar-refractivity contribution in [2.45, 2.75) is 13.0 Å². The van der Waals surface area contributed by atoms with Gasteiger partial charge < -0.3 is 9.47 Å². The van der Waals surface area contributed by atoms with Crippen LogP contribution >= 0.6 is 12.4 Å². The number of nitrogens with zero attached hydrogens (tertiary/aromatic N) is 3. The summed E-state index contributed by atoms with van der Waals surface area (Å²) in [6, 6.07) is 12.8. The SMILES string of the molecule is CN1CCc2c(c3ccccc3n2/C=C/c2ccncc2)C1.Cl. The van der Waals surface area contributed by atoms with Gasteiger partial charge in [0.15, 0.2) is 0 Å². The normalized spacial score (nSPS) is 14.8. The maximum absolute atomic E-state index is 4.07. The number of halogens is 1. The van der Waals surface area contributed by atoms with E-state index in [1.807, 2.05) is 24.5 Å². The number of hydrogen-bond donors (Lipinski definition) is 0. The predicted molar refractivity (Wildman–Crippen MR) is 98.7 cm³/mol. The molecule has 1 aliphatic heterocycles. The first-order valence-electron chi connectivity index (χ1n) is 7.70. The third-order valence-corrected chi connectivity index (χ3v) is 4.41. The van der Waals surface area contributed by atoms with E-state index in [1.165, 1.54) is 27.7 Å². The third kappa shape index (κ3) is 2.90. The van der Waals surface area contributed by atoms with Crippen LogP contribution < -0.4 is 0 Å². The monoisotopic (exact) mass is 325 g/mol. The average molecular weight is 326 g/mol. The largest absolute Gasteiger partial charge is 0.320 e. The molecule has 0 bridgehead atoms. The van der Waals surface area contributed by atoms with Crippen LogP contribution in [0.3, 0.4) is 0 Å². The Kier molecular flexibility index (Phi) is 4.51. The Morgan fingerprint density at radius 3 is 2.70 bits per heavy atom. The average Bonchev–Trinajstić information content (AvgIpc) is 2.87. The van der Waals surface area contributed by atoms with Crippen molar-refractivity contribution in [1.82, 2.24) is 14.5 Å². The van der Waals surface area contributed by atoms with Gasteiger partial charge in [-0.25, -0.2) is 0 Å². The lowest BCUT2D eigenvalue weighted by Crippen LogP contribution is -2.26. The second-order valence-corrected chi connectivity index (χ2v) is 5.90. The van der Waals surface area contributed by atoms with E-state index in [9.17, 15) is 0 Å². The van der Waals surface area contributed by atoms with Crippen molar-refractivity contribution in [2.24, 2.45) is 0 Å². The molecule has 0 atom stereocenters. The molecule has 118 valence electrons. The summed E-state index contributed by atoms with van der Waals surface area (Å²) in [5.41, 5.74) is 5.40. The number of pyridine rings is 1. The molecule has 0 radical (unpaired) electrons. The minimum Gasteiger partial charge on any atom is -0.320 e. The topological polar surface area (TPSA) is 21.1 Å². The Labute approximate surface area is 142 Å². The van der Waals surface area contributed by atoms with Crippen LogP contribution in [0, 0.1) is 0 Å². The molecule has 3 aromatic rings. The zero-order chi connectivity index (χ0) is 14.9. The fraction of sp³-hybridized carbons (Fsp3) is 0.211. The summed E-state index contributed by atoms with van der Waals surface area (Å²) in [7, 11) is 2.20. The second-order valence-electron chi connectivity index (χ2n) is 5.90. The first kappa shape index (κ1) is 15.8. The Balaban J connectivity index is 0.00000156. The molecule has 4 rings (SSSR count). The number of rotatable bonds is 2. The maximum Gasteiger partial charge on any atom is 0.0528 e. The Morgan fingerprint density at radius 2 is 1.87 bits per heavy atom. The zero-order valence-electron chi connectivity index (χ0n) is 13.1. The van der Waals surface area contributed by atoms with Crippen LogP contribution in [-0.2, 0) is 13.0 Å². The van der Waals surface area contributed by atoms with Crippen molar-refractivity contribution >= 4 is 35.6 Å². The summed E-state index contributed by atoms with van der Waals surface area (Å²) in [4.78, 5) is 6.47. The van der Waals surface area contributed by atoms with Gasteiger partial charge >= 0.3 is 0 Å². The van der Waals surface area contributed by atoms with Crippen LogP contribution in [0.2, 0.25) is 0 Å². The van der Waals surface area contributed by atoms with Gasteiger partial charge in [0.25, 0.3) is 0 Å². The van der Waals surface area contributed by atoms with Crippen LogP contribution in [-0.4, -0.2) is 28.0 Å². The first-order valence-corrected chi connectivity index (χ1v) is 7.70. The highest BCUT2D eigenvalue weighted by Crippen LogP contribution is 2.30. The molecule has 4 heteroatoms. The summed E-state index contributed by atoms with van der Waals surface area (Å²) in [6.07, 6.45) is 9.12. The molecule has 1 aromatic carbocycles. The minimum absolute atomic E-state index is 0. The van der Waals surface area contributed by atoms with Gasteiger partial charge in [-0.3, -0.25) is 4.98 Å². The lowest BCUT2D eigenvalue weighted by Gasteiger charge is -2.23. The van der Waals surface area contributed by atoms with Gasteiger partial charge in [-0.05, 0) is 42.4 Å². The van der Waals surface area contributed by atoms with Crippen molar-refractivity contribution < 1.29 is 0 Å². The van der Waals surface area contributed by atoms with E-state index in [0.717, 1.165) is 19.5 Å². The van der Waals surface area contributed by atoms with Gasteiger partial charge in [0, 0.05) is 49.2 Å². The standard InChI is InChI=1S/C19H19N3.ClH/c1-21-12-9-19-17(14-21)16-4-2-3-5-18(16)22(19)13-8-15-6-10-20-11-7-15;/h2-8,10-11,13H,9,12,14H2,1H3;1H/b13-8+;. The van der Waals surface area contributed by atoms with E-state index in [1.54, 1.807) is 0 Å². The van der Waals surface area contributed by atoms with Gasteiger partial charge in [-0.15, -0.1) is 12.4 Å². The number of likely N-dealkylation sites (N-methyl/N-ethyl adjacent to an activating group) is 1. The van der Waals surface area contributed by atoms with E-state index in [4.69, 9.17) is 0 Å². The fourth-order valence-electron chi connectivity index (χ4n) is 3.28. The highest BCUT2D eigenvalue weighted by molar-refractivity contribution is 5.88. The van der Waals surface area contributed by atoms with Crippen LogP contribution in [0.15, 0.2) is 48.8 Å².